The Morgan fingerprint density at radius 3 is 2.43 bits per heavy atom. The van der Waals surface area contributed by atoms with Gasteiger partial charge in [-0.15, -0.1) is 0 Å². The fourth-order valence-corrected chi connectivity index (χ4v) is 6.21. The van der Waals surface area contributed by atoms with Gasteiger partial charge in [0.05, 0.1) is 40.6 Å². The topological polar surface area (TPSA) is 103 Å². The second kappa shape index (κ2) is 13.1. The molecule has 0 spiro atoms. The quantitative estimate of drug-likeness (QED) is 0.219. The molecule has 0 amide bonds. The maximum atomic E-state index is 14.2. The molecule has 4 aromatic rings. The van der Waals surface area contributed by atoms with Crippen molar-refractivity contribution in [2.24, 2.45) is 4.99 Å². The van der Waals surface area contributed by atoms with Crippen LogP contribution in [-0.2, 0) is 16.1 Å². The molecule has 0 fully saturated rings. The number of thiazole rings is 1. The Morgan fingerprint density at radius 1 is 1.09 bits per heavy atom. The molecule has 0 radical (unpaired) electrons. The van der Waals surface area contributed by atoms with E-state index in [9.17, 15) is 9.59 Å². The Hall–Kier alpha value is -4.36. The van der Waals surface area contributed by atoms with Gasteiger partial charge in [0.25, 0.3) is 5.56 Å². The maximum Gasteiger partial charge on any atom is 0.338 e. The van der Waals surface area contributed by atoms with E-state index in [1.54, 1.807) is 75.4 Å². The Bertz CT molecular complexity index is 2010. The molecule has 0 bridgehead atoms. The normalized spacial score (nSPS) is 14.6. The van der Waals surface area contributed by atoms with Gasteiger partial charge in [0, 0.05) is 21.2 Å². The lowest BCUT2D eigenvalue weighted by Crippen LogP contribution is -2.40. The van der Waals surface area contributed by atoms with Crippen molar-refractivity contribution in [3.8, 4) is 17.6 Å². The van der Waals surface area contributed by atoms with Gasteiger partial charge in [-0.2, -0.15) is 5.26 Å². The van der Waals surface area contributed by atoms with Crippen molar-refractivity contribution >= 4 is 46.6 Å². The molecule has 0 aliphatic carbocycles. The molecule has 11 heteroatoms. The van der Waals surface area contributed by atoms with Gasteiger partial charge in [-0.3, -0.25) is 9.36 Å². The molecule has 0 N–H and O–H groups in total. The highest BCUT2D eigenvalue weighted by Crippen LogP contribution is 2.37. The molecule has 1 aromatic heterocycles. The van der Waals surface area contributed by atoms with Crippen LogP contribution in [0.3, 0.4) is 0 Å². The molecular formula is C33H27Cl2N3O5S. The van der Waals surface area contributed by atoms with Gasteiger partial charge >= 0.3 is 5.97 Å². The molecule has 5 rings (SSSR count). The number of benzene rings is 3. The van der Waals surface area contributed by atoms with E-state index in [-0.39, 0.29) is 23.8 Å². The standard InChI is InChI=1S/C33H27Cl2N3O5S/c1-18(2)43-32(40)29-19(3)37-33-38(30(29)25-15-24(35)10-12-27(25)41-4)31(39)28(44-33)14-22-13-23(34)9-11-26(22)42-17-21-7-5-20(16-36)6-8-21/h5-15,18,30H,17H2,1-4H3/b28-14-/t30-/m0/s1. The zero-order valence-corrected chi connectivity index (χ0v) is 26.6. The lowest BCUT2D eigenvalue weighted by atomic mass is 9.95. The third-order valence-electron chi connectivity index (χ3n) is 6.81. The van der Waals surface area contributed by atoms with Crippen LogP contribution in [0.5, 0.6) is 11.5 Å². The highest BCUT2D eigenvalue weighted by Gasteiger charge is 2.35. The number of methoxy groups -OCH3 is 1. The first kappa shape index (κ1) is 31.1. The summed E-state index contributed by atoms with van der Waals surface area (Å²) in [6, 6.07) is 18.5. The summed E-state index contributed by atoms with van der Waals surface area (Å²) in [6.45, 7) is 5.46. The third kappa shape index (κ3) is 6.43. The Kier molecular flexibility index (Phi) is 9.25. The minimum atomic E-state index is -0.903. The second-order valence-electron chi connectivity index (χ2n) is 10.2. The van der Waals surface area contributed by atoms with Crippen molar-refractivity contribution in [3.63, 3.8) is 0 Å². The van der Waals surface area contributed by atoms with Gasteiger partial charge < -0.3 is 14.2 Å². The molecule has 0 saturated carbocycles. The van der Waals surface area contributed by atoms with E-state index in [2.05, 4.69) is 11.1 Å². The minimum absolute atomic E-state index is 0.215. The number of halogens is 2. The second-order valence-corrected chi connectivity index (χ2v) is 12.1. The number of fused-ring (bicyclic) bond motifs is 1. The zero-order valence-electron chi connectivity index (χ0n) is 24.3. The number of hydrogen-bond acceptors (Lipinski definition) is 8. The molecule has 2 heterocycles. The predicted octanol–water partition coefficient (Wildman–Crippen LogP) is 5.95. The lowest BCUT2D eigenvalue weighted by Gasteiger charge is -2.26. The van der Waals surface area contributed by atoms with Gasteiger partial charge in [0.2, 0.25) is 0 Å². The summed E-state index contributed by atoms with van der Waals surface area (Å²) >= 11 is 13.9. The van der Waals surface area contributed by atoms with E-state index in [0.29, 0.717) is 53.3 Å². The average molecular weight is 649 g/mol. The maximum absolute atomic E-state index is 14.2. The Morgan fingerprint density at radius 2 is 1.77 bits per heavy atom. The van der Waals surface area contributed by atoms with Crippen molar-refractivity contribution in [1.29, 1.82) is 5.26 Å². The number of carbonyl (C=O) groups is 1. The molecule has 8 nitrogen and oxygen atoms in total. The van der Waals surface area contributed by atoms with Crippen molar-refractivity contribution in [2.45, 2.75) is 39.5 Å². The average Bonchev–Trinajstić information content (AvgIpc) is 3.29. The summed E-state index contributed by atoms with van der Waals surface area (Å²) < 4.78 is 19.1. The van der Waals surface area contributed by atoms with E-state index in [1.165, 1.54) is 23.0 Å². The highest BCUT2D eigenvalue weighted by atomic mass is 35.5. The molecule has 0 unspecified atom stereocenters. The molecule has 1 aliphatic heterocycles. The van der Waals surface area contributed by atoms with Crippen molar-refractivity contribution in [2.75, 3.05) is 7.11 Å². The number of aromatic nitrogens is 1. The van der Waals surface area contributed by atoms with Gasteiger partial charge in [-0.25, -0.2) is 9.79 Å². The Labute approximate surface area is 267 Å². The fourth-order valence-electron chi connectivity index (χ4n) is 4.81. The van der Waals surface area contributed by atoms with Crippen molar-refractivity contribution < 1.29 is 19.0 Å². The molecule has 0 saturated heterocycles. The van der Waals surface area contributed by atoms with Crippen LogP contribution in [0.1, 0.15) is 49.1 Å². The minimum Gasteiger partial charge on any atom is -0.496 e. The largest absolute Gasteiger partial charge is 0.496 e. The van der Waals surface area contributed by atoms with Crippen LogP contribution in [0.25, 0.3) is 6.08 Å². The van der Waals surface area contributed by atoms with E-state index < -0.39 is 12.0 Å². The van der Waals surface area contributed by atoms with Gasteiger partial charge in [0.1, 0.15) is 24.1 Å². The monoisotopic (exact) mass is 647 g/mol. The first-order valence-corrected chi connectivity index (χ1v) is 15.1. The number of rotatable bonds is 8. The van der Waals surface area contributed by atoms with Crippen LogP contribution < -0.4 is 24.4 Å². The lowest BCUT2D eigenvalue weighted by molar-refractivity contribution is -0.143. The van der Waals surface area contributed by atoms with E-state index in [4.69, 9.17) is 42.7 Å². The van der Waals surface area contributed by atoms with E-state index in [0.717, 1.165) is 5.56 Å². The zero-order chi connectivity index (χ0) is 31.5. The van der Waals surface area contributed by atoms with Crippen LogP contribution in [0, 0.1) is 11.3 Å². The summed E-state index contributed by atoms with van der Waals surface area (Å²) in [6.07, 6.45) is 1.31. The number of esters is 1. The first-order valence-electron chi connectivity index (χ1n) is 13.6. The molecule has 3 aromatic carbocycles. The highest BCUT2D eigenvalue weighted by molar-refractivity contribution is 7.07. The van der Waals surface area contributed by atoms with Crippen LogP contribution in [0.15, 0.2) is 81.7 Å². The number of hydrogen-bond donors (Lipinski definition) is 0. The third-order valence-corrected chi connectivity index (χ3v) is 8.26. The van der Waals surface area contributed by atoms with Gasteiger partial charge in [0.15, 0.2) is 4.80 Å². The fraction of sp³-hybridized carbons (Fsp3) is 0.212. The van der Waals surface area contributed by atoms with Crippen molar-refractivity contribution in [3.05, 3.63) is 124 Å². The molecule has 224 valence electrons. The smallest absolute Gasteiger partial charge is 0.338 e. The van der Waals surface area contributed by atoms with Gasteiger partial charge in [-0.1, -0.05) is 46.7 Å². The summed E-state index contributed by atoms with van der Waals surface area (Å²) in [5, 5.41) is 9.94. The van der Waals surface area contributed by atoms with Crippen LogP contribution in [0.4, 0.5) is 0 Å². The molecule has 44 heavy (non-hydrogen) atoms. The number of nitriles is 1. The summed E-state index contributed by atoms with van der Waals surface area (Å²) in [4.78, 5) is 32.6. The van der Waals surface area contributed by atoms with Crippen molar-refractivity contribution in [1.82, 2.24) is 4.57 Å². The number of nitrogens with zero attached hydrogens (tertiary/aromatic N) is 3. The summed E-state index contributed by atoms with van der Waals surface area (Å²) in [7, 11) is 1.51. The van der Waals surface area contributed by atoms with Crippen LogP contribution >= 0.6 is 34.5 Å². The Balaban J connectivity index is 1.64. The molecule has 1 aliphatic rings. The van der Waals surface area contributed by atoms with Gasteiger partial charge in [-0.05, 0) is 80.9 Å². The molecule has 1 atom stereocenters. The number of allylic oxidation sites excluding steroid dienone is 1. The molecular weight excluding hydrogens is 621 g/mol. The summed E-state index contributed by atoms with van der Waals surface area (Å²) in [5.41, 5.74) is 2.80. The van der Waals surface area contributed by atoms with Crippen LogP contribution in [0.2, 0.25) is 10.0 Å². The van der Waals surface area contributed by atoms with Crippen LogP contribution in [-0.4, -0.2) is 23.8 Å². The summed E-state index contributed by atoms with van der Waals surface area (Å²) in [5.74, 6) is 0.373. The number of carbonyl (C=O) groups excluding carboxylic acids is 1. The van der Waals surface area contributed by atoms with E-state index in [1.807, 2.05) is 12.1 Å². The SMILES string of the molecule is COc1ccc(Cl)cc1[C@H]1C(C(=O)OC(C)C)=C(C)N=c2s/c(=C\c3cc(Cl)ccc3OCc3ccc(C#N)cc3)c(=O)n21. The van der Waals surface area contributed by atoms with E-state index >= 15 is 0 Å². The predicted molar refractivity (Wildman–Crippen MR) is 170 cm³/mol. The number of ether oxygens (including phenoxy) is 3. The first-order chi connectivity index (χ1) is 21.1.